The number of amides is 2. The van der Waals surface area contributed by atoms with Crippen molar-refractivity contribution < 1.29 is 27.8 Å². The minimum absolute atomic E-state index is 0.0333. The Morgan fingerprint density at radius 1 is 0.781 bits per heavy atom. The third kappa shape index (κ3) is 3.78. The molecule has 32 heavy (non-hydrogen) atoms. The molecule has 0 atom stereocenters. The maximum atomic E-state index is 14.5. The topological polar surface area (TPSA) is 67.9 Å². The fourth-order valence-electron chi connectivity index (χ4n) is 3.37. The van der Waals surface area contributed by atoms with E-state index in [2.05, 4.69) is 5.32 Å². The molecule has 1 heterocycles. The number of rotatable bonds is 6. The highest BCUT2D eigenvalue weighted by Crippen LogP contribution is 2.35. The second-order valence-electron chi connectivity index (χ2n) is 6.87. The van der Waals surface area contributed by atoms with E-state index in [4.69, 9.17) is 9.47 Å². The maximum Gasteiger partial charge on any atom is 0.282 e. The number of imide groups is 1. The molecule has 0 radical (unpaired) electrons. The van der Waals surface area contributed by atoms with Crippen LogP contribution < -0.4 is 19.7 Å². The first kappa shape index (κ1) is 21.0. The Morgan fingerprint density at radius 3 is 1.94 bits per heavy atom. The molecular formula is C24H18F2N2O4. The fourth-order valence-corrected chi connectivity index (χ4v) is 3.37. The van der Waals surface area contributed by atoms with Crippen molar-refractivity contribution in [3.05, 3.63) is 89.6 Å². The number of nitrogens with zero attached hydrogens (tertiary/aromatic N) is 1. The molecule has 1 aliphatic rings. The lowest BCUT2D eigenvalue weighted by molar-refractivity contribution is -0.120. The summed E-state index contributed by atoms with van der Waals surface area (Å²) in [6, 6.07) is 15.9. The largest absolute Gasteiger partial charge is 0.497 e. The molecular weight excluding hydrogens is 418 g/mol. The van der Waals surface area contributed by atoms with Gasteiger partial charge >= 0.3 is 0 Å². The third-order valence-electron chi connectivity index (χ3n) is 4.97. The normalized spacial score (nSPS) is 13.6. The number of carbonyl (C=O) groups excluding carboxylic acids is 2. The van der Waals surface area contributed by atoms with E-state index in [9.17, 15) is 18.4 Å². The zero-order valence-corrected chi connectivity index (χ0v) is 17.2. The zero-order chi connectivity index (χ0) is 22.8. The second kappa shape index (κ2) is 8.50. The zero-order valence-electron chi connectivity index (χ0n) is 17.2. The molecule has 162 valence electrons. The van der Waals surface area contributed by atoms with Crippen molar-refractivity contribution in [2.45, 2.75) is 0 Å². The van der Waals surface area contributed by atoms with Gasteiger partial charge < -0.3 is 14.8 Å². The van der Waals surface area contributed by atoms with Crippen molar-refractivity contribution in [1.82, 2.24) is 0 Å². The first-order valence-corrected chi connectivity index (χ1v) is 9.56. The van der Waals surface area contributed by atoms with Crippen LogP contribution >= 0.6 is 0 Å². The smallest absolute Gasteiger partial charge is 0.282 e. The molecule has 0 spiro atoms. The van der Waals surface area contributed by atoms with Gasteiger partial charge in [0.15, 0.2) is 0 Å². The standard InChI is InChI=1S/C24H18F2N2O4/c1-31-17-8-3-14(4-9-17)21-22(27-16-6-10-18(32-2)11-7-16)24(30)28(23(21)29)20-12-5-15(25)13-19(20)26/h3-13,27H,1-2H3. The minimum atomic E-state index is -1.02. The number of hydrogen-bond acceptors (Lipinski definition) is 5. The molecule has 4 rings (SSSR count). The molecule has 0 aromatic heterocycles. The van der Waals surface area contributed by atoms with Gasteiger partial charge in [0.05, 0.1) is 25.5 Å². The lowest BCUT2D eigenvalue weighted by Crippen LogP contribution is -2.33. The molecule has 0 fully saturated rings. The Balaban J connectivity index is 1.80. The van der Waals surface area contributed by atoms with E-state index < -0.39 is 23.4 Å². The van der Waals surface area contributed by atoms with Crippen LogP contribution in [0.2, 0.25) is 0 Å². The van der Waals surface area contributed by atoms with E-state index in [0.29, 0.717) is 33.7 Å². The lowest BCUT2D eigenvalue weighted by Gasteiger charge is -2.16. The van der Waals surface area contributed by atoms with Crippen molar-refractivity contribution in [2.24, 2.45) is 0 Å². The summed E-state index contributed by atoms with van der Waals surface area (Å²) in [6.45, 7) is 0. The number of carbonyl (C=O) groups is 2. The molecule has 8 heteroatoms. The SMILES string of the molecule is COc1ccc(NC2=C(c3ccc(OC)cc3)C(=O)N(c3ccc(F)cc3F)C2=O)cc1. The Morgan fingerprint density at radius 2 is 1.38 bits per heavy atom. The first-order valence-electron chi connectivity index (χ1n) is 9.56. The van der Waals surface area contributed by atoms with Crippen molar-refractivity contribution in [1.29, 1.82) is 0 Å². The first-order chi connectivity index (χ1) is 15.4. The summed E-state index contributed by atoms with van der Waals surface area (Å²) in [5.41, 5.74) is 0.643. The molecule has 3 aromatic rings. The van der Waals surface area contributed by atoms with Gasteiger partial charge in [-0.05, 0) is 54.1 Å². The minimum Gasteiger partial charge on any atom is -0.497 e. The molecule has 0 saturated heterocycles. The van der Waals surface area contributed by atoms with E-state index in [-0.39, 0.29) is 17.0 Å². The maximum absolute atomic E-state index is 14.5. The van der Waals surface area contributed by atoms with Gasteiger partial charge in [-0.15, -0.1) is 0 Å². The molecule has 2 amide bonds. The van der Waals surface area contributed by atoms with Crippen LogP contribution in [0.4, 0.5) is 20.2 Å². The molecule has 0 saturated carbocycles. The van der Waals surface area contributed by atoms with Gasteiger partial charge in [-0.2, -0.15) is 0 Å². The average Bonchev–Trinajstić information content (AvgIpc) is 3.04. The molecule has 1 aliphatic heterocycles. The number of benzene rings is 3. The quantitative estimate of drug-likeness (QED) is 0.581. The third-order valence-corrected chi connectivity index (χ3v) is 4.97. The molecule has 6 nitrogen and oxygen atoms in total. The number of methoxy groups -OCH3 is 2. The van der Waals surface area contributed by atoms with Gasteiger partial charge in [0.2, 0.25) is 0 Å². The number of nitrogens with one attached hydrogen (secondary N) is 1. The van der Waals surface area contributed by atoms with Crippen LogP contribution in [0.5, 0.6) is 11.5 Å². The Kier molecular flexibility index (Phi) is 5.59. The number of ether oxygens (including phenoxy) is 2. The number of hydrogen-bond donors (Lipinski definition) is 1. The second-order valence-corrected chi connectivity index (χ2v) is 6.87. The van der Waals surface area contributed by atoms with Crippen LogP contribution in [-0.4, -0.2) is 26.0 Å². The molecule has 1 N–H and O–H groups in total. The Labute approximate surface area is 182 Å². The summed E-state index contributed by atoms with van der Waals surface area (Å²) in [7, 11) is 3.04. The Bertz CT molecular complexity index is 1220. The number of anilines is 2. The summed E-state index contributed by atoms with van der Waals surface area (Å²) in [5, 5.41) is 2.96. The van der Waals surface area contributed by atoms with E-state index >= 15 is 0 Å². The van der Waals surface area contributed by atoms with E-state index in [1.54, 1.807) is 48.5 Å². The van der Waals surface area contributed by atoms with E-state index in [1.807, 2.05) is 0 Å². The van der Waals surface area contributed by atoms with Gasteiger partial charge in [-0.3, -0.25) is 9.59 Å². The Hall–Kier alpha value is -4.20. The molecule has 0 bridgehead atoms. The summed E-state index contributed by atoms with van der Waals surface area (Å²) >= 11 is 0. The predicted molar refractivity (Wildman–Crippen MR) is 115 cm³/mol. The molecule has 0 unspecified atom stereocenters. The fraction of sp³-hybridized carbons (Fsp3) is 0.0833. The number of halogens is 2. The van der Waals surface area contributed by atoms with Crippen LogP contribution in [0, 0.1) is 11.6 Å². The highest BCUT2D eigenvalue weighted by Gasteiger charge is 2.41. The van der Waals surface area contributed by atoms with Gasteiger partial charge in [0, 0.05) is 11.8 Å². The van der Waals surface area contributed by atoms with Crippen molar-refractivity contribution >= 4 is 28.8 Å². The van der Waals surface area contributed by atoms with Gasteiger partial charge in [-0.25, -0.2) is 13.7 Å². The van der Waals surface area contributed by atoms with Crippen LogP contribution in [0.25, 0.3) is 5.57 Å². The van der Waals surface area contributed by atoms with E-state index in [0.717, 1.165) is 12.1 Å². The summed E-state index contributed by atoms with van der Waals surface area (Å²) < 4.78 is 38.1. The lowest BCUT2D eigenvalue weighted by atomic mass is 10.0. The van der Waals surface area contributed by atoms with Gasteiger partial charge in [0.25, 0.3) is 11.8 Å². The van der Waals surface area contributed by atoms with Crippen LogP contribution in [0.15, 0.2) is 72.4 Å². The highest BCUT2D eigenvalue weighted by atomic mass is 19.1. The van der Waals surface area contributed by atoms with Crippen LogP contribution in [-0.2, 0) is 9.59 Å². The monoisotopic (exact) mass is 436 g/mol. The molecule has 3 aromatic carbocycles. The summed E-state index contributed by atoms with van der Waals surface area (Å²) in [5.74, 6) is -2.15. The van der Waals surface area contributed by atoms with Crippen molar-refractivity contribution in [2.75, 3.05) is 24.4 Å². The predicted octanol–water partition coefficient (Wildman–Crippen LogP) is 4.38. The highest BCUT2D eigenvalue weighted by molar-refractivity contribution is 6.46. The summed E-state index contributed by atoms with van der Waals surface area (Å²) in [4.78, 5) is 27.3. The average molecular weight is 436 g/mol. The van der Waals surface area contributed by atoms with Gasteiger partial charge in [-0.1, -0.05) is 12.1 Å². The van der Waals surface area contributed by atoms with Crippen LogP contribution in [0.3, 0.4) is 0 Å². The van der Waals surface area contributed by atoms with Crippen LogP contribution in [0.1, 0.15) is 5.56 Å². The molecule has 0 aliphatic carbocycles. The van der Waals surface area contributed by atoms with Gasteiger partial charge in [0.1, 0.15) is 28.8 Å². The van der Waals surface area contributed by atoms with Crippen molar-refractivity contribution in [3.8, 4) is 11.5 Å². The van der Waals surface area contributed by atoms with E-state index in [1.165, 1.54) is 14.2 Å². The van der Waals surface area contributed by atoms with Crippen molar-refractivity contribution in [3.63, 3.8) is 0 Å². The summed E-state index contributed by atoms with van der Waals surface area (Å²) in [6.07, 6.45) is 0.